The summed E-state index contributed by atoms with van der Waals surface area (Å²) in [6, 6.07) is 7.20. The van der Waals surface area contributed by atoms with E-state index in [9.17, 15) is 14.4 Å². The molecule has 180 valence electrons. The van der Waals surface area contributed by atoms with Crippen LogP contribution in [-0.4, -0.2) is 34.6 Å². The molecule has 1 saturated heterocycles. The smallest absolute Gasteiger partial charge is 0.336 e. The van der Waals surface area contributed by atoms with Gasteiger partial charge < -0.3 is 14.8 Å². The minimum absolute atomic E-state index is 0.0245. The SMILES string of the molecule is CCn1c(=O)c(C2CCNCC2)c(-c2cccc(Cl)c2)c2c3c(c(C)nc21)OC(=O)/C=C/C(=O)O3. The van der Waals surface area contributed by atoms with Gasteiger partial charge in [-0.2, -0.15) is 0 Å². The van der Waals surface area contributed by atoms with Crippen molar-refractivity contribution in [1.29, 1.82) is 0 Å². The average Bonchev–Trinajstić information content (AvgIpc) is 2.84. The van der Waals surface area contributed by atoms with E-state index in [4.69, 9.17) is 21.1 Å². The predicted octanol–water partition coefficient (Wildman–Crippen LogP) is 3.89. The van der Waals surface area contributed by atoms with Crippen LogP contribution < -0.4 is 20.3 Å². The minimum atomic E-state index is -0.718. The molecule has 0 aliphatic carbocycles. The number of carbonyl (C=O) groups is 2. The summed E-state index contributed by atoms with van der Waals surface area (Å²) in [5.41, 5.74) is 2.47. The molecule has 0 atom stereocenters. The monoisotopic (exact) mass is 493 g/mol. The van der Waals surface area contributed by atoms with Crippen LogP contribution in [0.5, 0.6) is 11.5 Å². The van der Waals surface area contributed by atoms with Crippen molar-refractivity contribution in [2.75, 3.05) is 13.1 Å². The molecule has 0 radical (unpaired) electrons. The van der Waals surface area contributed by atoms with Crippen LogP contribution in [0.2, 0.25) is 5.02 Å². The topological polar surface area (TPSA) is 99.5 Å². The number of pyridine rings is 2. The number of nitrogens with zero attached hydrogens (tertiary/aromatic N) is 2. The first-order valence-corrected chi connectivity index (χ1v) is 12.0. The second-order valence-corrected chi connectivity index (χ2v) is 9.04. The normalized spacial score (nSPS) is 17.3. The Hall–Kier alpha value is -3.49. The lowest BCUT2D eigenvalue weighted by Gasteiger charge is -2.27. The molecule has 35 heavy (non-hydrogen) atoms. The molecule has 9 heteroatoms. The van der Waals surface area contributed by atoms with Gasteiger partial charge in [0.25, 0.3) is 5.56 Å². The Balaban J connectivity index is 1.99. The third-order valence-electron chi connectivity index (χ3n) is 6.45. The number of aryl methyl sites for hydroxylation is 2. The Morgan fingerprint density at radius 3 is 2.43 bits per heavy atom. The van der Waals surface area contributed by atoms with E-state index in [-0.39, 0.29) is 23.0 Å². The highest BCUT2D eigenvalue weighted by molar-refractivity contribution is 6.31. The van der Waals surface area contributed by atoms with E-state index < -0.39 is 11.9 Å². The van der Waals surface area contributed by atoms with Crippen molar-refractivity contribution in [3.63, 3.8) is 0 Å². The van der Waals surface area contributed by atoms with Gasteiger partial charge in [-0.05, 0) is 63.4 Å². The fourth-order valence-corrected chi connectivity index (χ4v) is 5.09. The van der Waals surface area contributed by atoms with Crippen molar-refractivity contribution in [3.05, 3.63) is 63.1 Å². The summed E-state index contributed by atoms with van der Waals surface area (Å²) < 4.78 is 12.9. The van der Waals surface area contributed by atoms with Crippen LogP contribution in [0.3, 0.4) is 0 Å². The van der Waals surface area contributed by atoms with Gasteiger partial charge in [-0.3, -0.25) is 9.36 Å². The van der Waals surface area contributed by atoms with Gasteiger partial charge in [0.2, 0.25) is 0 Å². The number of halogens is 1. The molecule has 2 aliphatic heterocycles. The lowest BCUT2D eigenvalue weighted by molar-refractivity contribution is -0.133. The molecule has 1 N–H and O–H groups in total. The maximum absolute atomic E-state index is 14.0. The zero-order chi connectivity index (χ0) is 24.7. The first kappa shape index (κ1) is 23.3. The Morgan fingerprint density at radius 1 is 1.09 bits per heavy atom. The van der Waals surface area contributed by atoms with Crippen molar-refractivity contribution in [2.24, 2.45) is 0 Å². The molecule has 2 aliphatic rings. The van der Waals surface area contributed by atoms with Crippen LogP contribution in [-0.2, 0) is 16.1 Å². The first-order valence-electron chi connectivity index (χ1n) is 11.6. The molecular formula is C26H24ClN3O5. The van der Waals surface area contributed by atoms with Crippen molar-refractivity contribution >= 4 is 34.6 Å². The summed E-state index contributed by atoms with van der Waals surface area (Å²) >= 11 is 6.37. The molecule has 0 bridgehead atoms. The first-order chi connectivity index (χ1) is 16.9. The summed E-state index contributed by atoms with van der Waals surface area (Å²) in [7, 11) is 0. The lowest BCUT2D eigenvalue weighted by atomic mass is 9.84. The Kier molecular flexibility index (Phi) is 6.17. The highest BCUT2D eigenvalue weighted by Crippen LogP contribution is 2.46. The number of benzene rings is 1. The third-order valence-corrected chi connectivity index (χ3v) is 6.68. The van der Waals surface area contributed by atoms with Crippen LogP contribution in [0.25, 0.3) is 22.2 Å². The zero-order valence-electron chi connectivity index (χ0n) is 19.4. The molecule has 5 rings (SSSR count). The van der Waals surface area contributed by atoms with Crippen molar-refractivity contribution < 1.29 is 19.1 Å². The van der Waals surface area contributed by atoms with E-state index in [1.807, 2.05) is 13.0 Å². The molecule has 4 heterocycles. The summed E-state index contributed by atoms with van der Waals surface area (Å²) in [5, 5.41) is 4.29. The van der Waals surface area contributed by atoms with E-state index in [2.05, 4.69) is 10.3 Å². The number of ether oxygens (including phenoxy) is 2. The number of rotatable bonds is 3. The minimum Gasteiger partial charge on any atom is -0.418 e. The fraction of sp³-hybridized carbons (Fsp3) is 0.308. The van der Waals surface area contributed by atoms with Crippen molar-refractivity contribution in [1.82, 2.24) is 14.9 Å². The van der Waals surface area contributed by atoms with E-state index in [1.54, 1.807) is 29.7 Å². The quantitative estimate of drug-likeness (QED) is 0.552. The number of aromatic nitrogens is 2. The van der Waals surface area contributed by atoms with Crippen LogP contribution in [0, 0.1) is 6.92 Å². The number of carbonyl (C=O) groups excluding carboxylic acids is 2. The number of esters is 2. The van der Waals surface area contributed by atoms with Gasteiger partial charge in [-0.15, -0.1) is 0 Å². The second-order valence-electron chi connectivity index (χ2n) is 8.60. The van der Waals surface area contributed by atoms with Gasteiger partial charge in [-0.25, -0.2) is 14.6 Å². The fourth-order valence-electron chi connectivity index (χ4n) is 4.90. The Morgan fingerprint density at radius 2 is 1.77 bits per heavy atom. The predicted molar refractivity (Wildman–Crippen MR) is 132 cm³/mol. The summed E-state index contributed by atoms with van der Waals surface area (Å²) in [5.74, 6) is -1.32. The molecule has 0 unspecified atom stereocenters. The molecule has 8 nitrogen and oxygen atoms in total. The van der Waals surface area contributed by atoms with Gasteiger partial charge in [0, 0.05) is 34.8 Å². The van der Waals surface area contributed by atoms with Crippen LogP contribution in [0.4, 0.5) is 0 Å². The molecule has 2 aromatic heterocycles. The van der Waals surface area contributed by atoms with Crippen molar-refractivity contribution in [3.8, 4) is 22.6 Å². The van der Waals surface area contributed by atoms with E-state index in [0.29, 0.717) is 45.0 Å². The standard InChI is InChI=1S/C26H24ClN3O5/c1-3-30-25-22(24-23(14(2)29-25)34-18(31)7-8-19(32)35-24)20(16-5-4-6-17(27)13-16)21(26(30)33)15-9-11-28-12-10-15/h4-8,13,15,28H,3,9-12H2,1-2H3/b8-7+. The van der Waals surface area contributed by atoms with E-state index >= 15 is 0 Å². The highest BCUT2D eigenvalue weighted by atomic mass is 35.5. The Bertz CT molecular complexity index is 1450. The van der Waals surface area contributed by atoms with Gasteiger partial charge in [0.05, 0.1) is 11.1 Å². The number of piperidine rings is 1. The maximum atomic E-state index is 14.0. The molecule has 0 spiro atoms. The molecule has 0 amide bonds. The average molecular weight is 494 g/mol. The molecule has 0 saturated carbocycles. The number of hydrogen-bond donors (Lipinski definition) is 1. The largest absolute Gasteiger partial charge is 0.418 e. The third kappa shape index (κ3) is 4.13. The number of nitrogens with one attached hydrogen (secondary N) is 1. The molecule has 1 fully saturated rings. The number of fused-ring (bicyclic) bond motifs is 3. The van der Waals surface area contributed by atoms with E-state index in [1.165, 1.54) is 0 Å². The second kappa shape index (κ2) is 9.28. The summed E-state index contributed by atoms with van der Waals surface area (Å²) in [6.45, 7) is 5.45. The van der Waals surface area contributed by atoms with Crippen molar-refractivity contribution in [2.45, 2.75) is 39.2 Å². The summed E-state index contributed by atoms with van der Waals surface area (Å²) in [6.07, 6.45) is 3.59. The number of hydrogen-bond acceptors (Lipinski definition) is 7. The molecule has 3 aromatic rings. The van der Waals surface area contributed by atoms with Gasteiger partial charge in [0.15, 0.2) is 11.5 Å². The van der Waals surface area contributed by atoms with Gasteiger partial charge in [-0.1, -0.05) is 23.7 Å². The lowest BCUT2D eigenvalue weighted by Crippen LogP contribution is -2.33. The van der Waals surface area contributed by atoms with Gasteiger partial charge in [0.1, 0.15) is 5.65 Å². The van der Waals surface area contributed by atoms with Crippen LogP contribution in [0.1, 0.15) is 36.9 Å². The van der Waals surface area contributed by atoms with Gasteiger partial charge >= 0.3 is 11.9 Å². The van der Waals surface area contributed by atoms with Crippen LogP contribution >= 0.6 is 11.6 Å². The zero-order valence-corrected chi connectivity index (χ0v) is 20.1. The Labute approximate surface area is 206 Å². The summed E-state index contributed by atoms with van der Waals surface area (Å²) in [4.78, 5) is 43.5. The van der Waals surface area contributed by atoms with Crippen LogP contribution in [0.15, 0.2) is 41.2 Å². The molecular weight excluding hydrogens is 470 g/mol. The van der Waals surface area contributed by atoms with E-state index in [0.717, 1.165) is 38.1 Å². The highest BCUT2D eigenvalue weighted by Gasteiger charge is 2.31. The maximum Gasteiger partial charge on any atom is 0.336 e. The molecule has 1 aromatic carbocycles.